The van der Waals surface area contributed by atoms with Crippen LogP contribution in [0.2, 0.25) is 0 Å². The van der Waals surface area contributed by atoms with Crippen molar-refractivity contribution in [2.24, 2.45) is 7.05 Å². The van der Waals surface area contributed by atoms with Crippen LogP contribution in [0, 0.1) is 0 Å². The Morgan fingerprint density at radius 2 is 2.09 bits per heavy atom. The predicted octanol–water partition coefficient (Wildman–Crippen LogP) is 1.49. The molecule has 1 aromatic carbocycles. The Balaban J connectivity index is 1.82. The van der Waals surface area contributed by atoms with Crippen molar-refractivity contribution in [2.45, 2.75) is 11.7 Å². The van der Waals surface area contributed by atoms with Gasteiger partial charge in [0.1, 0.15) is 5.39 Å². The third-order valence-electron chi connectivity index (χ3n) is 3.72. The molecule has 1 N–H and O–H groups in total. The summed E-state index contributed by atoms with van der Waals surface area (Å²) >= 11 is 1.55. The van der Waals surface area contributed by atoms with Gasteiger partial charge in [-0.25, -0.2) is 9.67 Å². The highest BCUT2D eigenvalue weighted by atomic mass is 32.2. The average molecular weight is 327 g/mol. The van der Waals surface area contributed by atoms with Gasteiger partial charge in [0.2, 0.25) is 0 Å². The van der Waals surface area contributed by atoms with Gasteiger partial charge in [-0.05, 0) is 12.1 Å². The molecule has 1 aliphatic heterocycles. The summed E-state index contributed by atoms with van der Waals surface area (Å²) in [6, 6.07) is 8.82. The minimum atomic E-state index is -0.301. The number of anilines is 1. The molecule has 116 valence electrons. The summed E-state index contributed by atoms with van der Waals surface area (Å²) in [6.45, 7) is 0.628. The summed E-state index contributed by atoms with van der Waals surface area (Å²) in [7, 11) is 1.71. The molecule has 0 aliphatic carbocycles. The van der Waals surface area contributed by atoms with E-state index >= 15 is 0 Å². The number of carbonyl (C=O) groups is 1. The molecule has 2 aromatic heterocycles. The number of hydrogen-bond acceptors (Lipinski definition) is 5. The number of nitrogens with one attached hydrogen (secondary N) is 1. The molecule has 8 heteroatoms. The number of nitrogens with zero attached hydrogens (tertiary/aromatic N) is 4. The molecule has 0 spiro atoms. The van der Waals surface area contributed by atoms with Crippen molar-refractivity contribution < 1.29 is 4.79 Å². The fraction of sp³-hybridized carbons (Fsp3) is 0.200. The van der Waals surface area contributed by atoms with Crippen molar-refractivity contribution in [1.82, 2.24) is 19.3 Å². The normalized spacial score (nSPS) is 13.3. The van der Waals surface area contributed by atoms with Gasteiger partial charge in [-0.15, -0.1) is 0 Å². The van der Waals surface area contributed by atoms with Crippen molar-refractivity contribution in [2.75, 3.05) is 11.1 Å². The molecule has 3 aromatic rings. The first-order chi connectivity index (χ1) is 11.1. The smallest absolute Gasteiger partial charge is 0.267 e. The molecular weight excluding hydrogens is 314 g/mol. The fourth-order valence-electron chi connectivity index (χ4n) is 2.61. The average Bonchev–Trinajstić information content (AvgIpc) is 3.14. The van der Waals surface area contributed by atoms with Crippen LogP contribution in [-0.4, -0.2) is 31.0 Å². The van der Waals surface area contributed by atoms with E-state index in [2.05, 4.69) is 15.4 Å². The van der Waals surface area contributed by atoms with E-state index in [1.807, 2.05) is 6.07 Å². The lowest BCUT2D eigenvalue weighted by atomic mass is 10.2. The van der Waals surface area contributed by atoms with E-state index < -0.39 is 0 Å². The van der Waals surface area contributed by atoms with Gasteiger partial charge in [0.05, 0.1) is 0 Å². The summed E-state index contributed by atoms with van der Waals surface area (Å²) in [4.78, 5) is 29.5. The van der Waals surface area contributed by atoms with E-state index in [4.69, 9.17) is 0 Å². The SMILES string of the molecule is Cn1nc(NC(=O)c2ccccc2)c2c(=O)n3c(nc21)SCC3. The van der Waals surface area contributed by atoms with Gasteiger partial charge >= 0.3 is 0 Å². The summed E-state index contributed by atoms with van der Waals surface area (Å²) in [6.07, 6.45) is 0. The second-order valence-electron chi connectivity index (χ2n) is 5.19. The third-order valence-corrected chi connectivity index (χ3v) is 4.68. The Kier molecular flexibility index (Phi) is 3.19. The van der Waals surface area contributed by atoms with Gasteiger partial charge in [-0.2, -0.15) is 5.10 Å². The first kappa shape index (κ1) is 14.0. The van der Waals surface area contributed by atoms with Crippen LogP contribution in [0.25, 0.3) is 11.0 Å². The van der Waals surface area contributed by atoms with Crippen molar-refractivity contribution in [3.05, 3.63) is 46.2 Å². The molecule has 1 amide bonds. The maximum Gasteiger partial charge on any atom is 0.267 e. The highest BCUT2D eigenvalue weighted by Crippen LogP contribution is 2.26. The monoisotopic (exact) mass is 327 g/mol. The Hall–Kier alpha value is -2.61. The highest BCUT2D eigenvalue weighted by molar-refractivity contribution is 7.99. The maximum atomic E-state index is 12.7. The van der Waals surface area contributed by atoms with Crippen LogP contribution < -0.4 is 10.9 Å². The number of thioether (sulfide) groups is 1. The third kappa shape index (κ3) is 2.22. The van der Waals surface area contributed by atoms with Crippen molar-refractivity contribution >= 4 is 34.5 Å². The Labute approximate surface area is 135 Å². The number of aromatic nitrogens is 4. The molecule has 3 heterocycles. The summed E-state index contributed by atoms with van der Waals surface area (Å²) in [5.41, 5.74) is 0.835. The Bertz CT molecular complexity index is 977. The molecular formula is C15H13N5O2S. The number of aryl methyl sites for hydroxylation is 1. The quantitative estimate of drug-likeness (QED) is 0.721. The molecule has 0 unspecified atom stereocenters. The van der Waals surface area contributed by atoms with Crippen LogP contribution in [0.1, 0.15) is 10.4 Å². The van der Waals surface area contributed by atoms with Crippen LogP contribution in [0.15, 0.2) is 40.3 Å². The van der Waals surface area contributed by atoms with Crippen LogP contribution in [0.4, 0.5) is 5.82 Å². The number of hydrogen-bond donors (Lipinski definition) is 1. The molecule has 0 fully saturated rings. The molecule has 0 radical (unpaired) electrons. The zero-order chi connectivity index (χ0) is 16.0. The zero-order valence-corrected chi connectivity index (χ0v) is 13.1. The number of amides is 1. The molecule has 0 saturated carbocycles. The van der Waals surface area contributed by atoms with E-state index in [1.54, 1.807) is 47.6 Å². The van der Waals surface area contributed by atoms with Crippen LogP contribution in [-0.2, 0) is 13.6 Å². The van der Waals surface area contributed by atoms with E-state index in [0.29, 0.717) is 28.3 Å². The minimum Gasteiger partial charge on any atom is -0.304 e. The van der Waals surface area contributed by atoms with E-state index in [9.17, 15) is 9.59 Å². The molecule has 1 aliphatic rings. The largest absolute Gasteiger partial charge is 0.304 e. The first-order valence-corrected chi connectivity index (χ1v) is 8.10. The van der Waals surface area contributed by atoms with Crippen LogP contribution in [0.5, 0.6) is 0 Å². The van der Waals surface area contributed by atoms with Gasteiger partial charge in [0.25, 0.3) is 11.5 Å². The predicted molar refractivity (Wildman–Crippen MR) is 87.9 cm³/mol. The molecule has 0 saturated heterocycles. The molecule has 0 bridgehead atoms. The van der Waals surface area contributed by atoms with Gasteiger partial charge < -0.3 is 5.32 Å². The highest BCUT2D eigenvalue weighted by Gasteiger charge is 2.23. The van der Waals surface area contributed by atoms with E-state index in [-0.39, 0.29) is 17.3 Å². The number of rotatable bonds is 2. The number of carbonyl (C=O) groups excluding carboxylic acids is 1. The van der Waals surface area contributed by atoms with Crippen molar-refractivity contribution in [3.8, 4) is 0 Å². The van der Waals surface area contributed by atoms with Crippen LogP contribution >= 0.6 is 11.8 Å². The summed E-state index contributed by atoms with van der Waals surface area (Å²) < 4.78 is 3.16. The van der Waals surface area contributed by atoms with Crippen molar-refractivity contribution in [3.63, 3.8) is 0 Å². The van der Waals surface area contributed by atoms with Crippen molar-refractivity contribution in [1.29, 1.82) is 0 Å². The van der Waals surface area contributed by atoms with Gasteiger partial charge in [-0.3, -0.25) is 14.2 Å². The minimum absolute atomic E-state index is 0.161. The number of benzene rings is 1. The Morgan fingerprint density at radius 3 is 2.87 bits per heavy atom. The maximum absolute atomic E-state index is 12.7. The lowest BCUT2D eigenvalue weighted by molar-refractivity contribution is 0.102. The topological polar surface area (TPSA) is 81.8 Å². The summed E-state index contributed by atoms with van der Waals surface area (Å²) in [5, 5.41) is 8.03. The van der Waals surface area contributed by atoms with Gasteiger partial charge in [-0.1, -0.05) is 30.0 Å². The second-order valence-corrected chi connectivity index (χ2v) is 6.25. The van der Waals surface area contributed by atoms with E-state index in [0.717, 1.165) is 5.75 Å². The van der Waals surface area contributed by atoms with E-state index in [1.165, 1.54) is 4.68 Å². The number of fused-ring (bicyclic) bond motifs is 2. The lowest BCUT2D eigenvalue weighted by Gasteiger charge is -2.03. The lowest BCUT2D eigenvalue weighted by Crippen LogP contribution is -2.21. The molecule has 23 heavy (non-hydrogen) atoms. The van der Waals surface area contributed by atoms with Gasteiger partial charge in [0, 0.05) is 24.9 Å². The zero-order valence-electron chi connectivity index (χ0n) is 12.3. The standard InChI is InChI=1S/C15H13N5O2S/c1-19-12-10(14(22)20-7-8-23-15(20)17-12)11(18-19)16-13(21)9-5-3-2-4-6-9/h2-6H,7-8H2,1H3,(H,16,18,21). The molecule has 7 nitrogen and oxygen atoms in total. The second kappa shape index (κ2) is 5.24. The molecule has 0 atom stereocenters. The molecule has 4 rings (SSSR count). The Morgan fingerprint density at radius 1 is 1.30 bits per heavy atom. The van der Waals surface area contributed by atoms with Crippen LogP contribution in [0.3, 0.4) is 0 Å². The first-order valence-electron chi connectivity index (χ1n) is 7.12. The fourth-order valence-corrected chi connectivity index (χ4v) is 3.54. The van der Waals surface area contributed by atoms with Gasteiger partial charge in [0.15, 0.2) is 16.6 Å². The summed E-state index contributed by atoms with van der Waals surface area (Å²) in [5.74, 6) is 0.781.